The molecule has 1 saturated heterocycles. The minimum Gasteiger partial charge on any atom is -0.459 e. The number of piperazine rings is 1. The summed E-state index contributed by atoms with van der Waals surface area (Å²) in [5, 5.41) is 12.6. The van der Waals surface area contributed by atoms with Gasteiger partial charge in [0.2, 0.25) is 0 Å². The molecule has 3 rings (SSSR count). The van der Waals surface area contributed by atoms with Crippen LogP contribution in [0.15, 0.2) is 22.8 Å². The van der Waals surface area contributed by atoms with Gasteiger partial charge in [0.1, 0.15) is 0 Å². The Labute approximate surface area is 179 Å². The third-order valence-electron chi connectivity index (χ3n) is 5.24. The second kappa shape index (κ2) is 10.7. The predicted molar refractivity (Wildman–Crippen MR) is 113 cm³/mol. The molecule has 9 heteroatoms. The highest BCUT2D eigenvalue weighted by Crippen LogP contribution is 2.27. The van der Waals surface area contributed by atoms with E-state index in [2.05, 4.69) is 48.1 Å². The van der Waals surface area contributed by atoms with Crippen LogP contribution < -0.4 is 0 Å². The van der Waals surface area contributed by atoms with E-state index in [0.29, 0.717) is 30.7 Å². The van der Waals surface area contributed by atoms with Crippen LogP contribution in [0.3, 0.4) is 0 Å². The van der Waals surface area contributed by atoms with Crippen molar-refractivity contribution in [2.24, 2.45) is 11.8 Å². The standard InChI is InChI=1S/C20H32N6O2.ClH/c1-15(2)7-8-26-19(21-22-23-26)17(14-16(3)4)24-9-11-25(12-10-24)20(27)18-6-5-13-28-18;/h5-6,13,15-17H,7-12,14H2,1-4H3;1H. The molecule has 0 spiro atoms. The Balaban J connectivity index is 0.00000300. The van der Waals surface area contributed by atoms with Crippen LogP contribution in [-0.2, 0) is 6.54 Å². The summed E-state index contributed by atoms with van der Waals surface area (Å²) >= 11 is 0. The van der Waals surface area contributed by atoms with Gasteiger partial charge in [0.05, 0.1) is 12.3 Å². The first-order valence-electron chi connectivity index (χ1n) is 10.3. The first kappa shape index (κ1) is 23.3. The Kier molecular flexibility index (Phi) is 8.64. The van der Waals surface area contributed by atoms with Crippen LogP contribution in [0, 0.1) is 11.8 Å². The van der Waals surface area contributed by atoms with Crippen LogP contribution in [-0.4, -0.2) is 62.1 Å². The van der Waals surface area contributed by atoms with Crippen LogP contribution in [0.25, 0.3) is 0 Å². The van der Waals surface area contributed by atoms with Gasteiger partial charge >= 0.3 is 0 Å². The van der Waals surface area contributed by atoms with Gasteiger partial charge in [-0.15, -0.1) is 17.5 Å². The summed E-state index contributed by atoms with van der Waals surface area (Å²) in [7, 11) is 0. The molecule has 1 unspecified atom stereocenters. The molecule has 8 nitrogen and oxygen atoms in total. The highest BCUT2D eigenvalue weighted by atomic mass is 35.5. The summed E-state index contributed by atoms with van der Waals surface area (Å²) < 4.78 is 7.23. The summed E-state index contributed by atoms with van der Waals surface area (Å²) in [5.41, 5.74) is 0. The van der Waals surface area contributed by atoms with Crippen molar-refractivity contribution in [3.05, 3.63) is 30.0 Å². The molecule has 29 heavy (non-hydrogen) atoms. The molecule has 0 aliphatic carbocycles. The van der Waals surface area contributed by atoms with E-state index in [9.17, 15) is 4.79 Å². The second-order valence-corrected chi connectivity index (χ2v) is 8.39. The molecule has 0 saturated carbocycles. The molecule has 1 aliphatic heterocycles. The lowest BCUT2D eigenvalue weighted by Gasteiger charge is -2.39. The van der Waals surface area contributed by atoms with Gasteiger partial charge < -0.3 is 9.32 Å². The lowest BCUT2D eigenvalue weighted by molar-refractivity contribution is 0.0499. The molecule has 2 aromatic rings. The molecule has 1 aliphatic rings. The molecule has 3 heterocycles. The van der Waals surface area contributed by atoms with Crippen LogP contribution in [0.5, 0.6) is 0 Å². The van der Waals surface area contributed by atoms with Gasteiger partial charge in [0, 0.05) is 32.7 Å². The fourth-order valence-electron chi connectivity index (χ4n) is 3.65. The number of carbonyl (C=O) groups excluding carboxylic acids is 1. The Morgan fingerprint density at radius 1 is 1.14 bits per heavy atom. The number of rotatable bonds is 8. The van der Waals surface area contributed by atoms with Crippen molar-refractivity contribution in [3.8, 4) is 0 Å². The van der Waals surface area contributed by atoms with Crippen molar-refractivity contribution in [3.63, 3.8) is 0 Å². The number of hydrogen-bond donors (Lipinski definition) is 0. The largest absolute Gasteiger partial charge is 0.459 e. The Morgan fingerprint density at radius 3 is 2.45 bits per heavy atom. The van der Waals surface area contributed by atoms with E-state index in [1.807, 2.05) is 9.58 Å². The van der Waals surface area contributed by atoms with E-state index in [0.717, 1.165) is 38.3 Å². The van der Waals surface area contributed by atoms with Gasteiger partial charge in [-0.2, -0.15) is 0 Å². The van der Waals surface area contributed by atoms with E-state index in [4.69, 9.17) is 4.42 Å². The van der Waals surface area contributed by atoms with Crippen LogP contribution in [0.4, 0.5) is 0 Å². The third kappa shape index (κ3) is 6.02. The maximum atomic E-state index is 12.5. The fraction of sp³-hybridized carbons (Fsp3) is 0.700. The van der Waals surface area contributed by atoms with Gasteiger partial charge in [-0.3, -0.25) is 9.69 Å². The Hall–Kier alpha value is -1.93. The van der Waals surface area contributed by atoms with Gasteiger partial charge in [0.15, 0.2) is 11.6 Å². The zero-order valence-electron chi connectivity index (χ0n) is 17.8. The van der Waals surface area contributed by atoms with Crippen LogP contribution in [0.1, 0.15) is 63.0 Å². The lowest BCUT2D eigenvalue weighted by atomic mass is 10.0. The molecule has 0 aromatic carbocycles. The van der Waals surface area contributed by atoms with Crippen molar-refractivity contribution >= 4 is 18.3 Å². The van der Waals surface area contributed by atoms with E-state index < -0.39 is 0 Å². The first-order chi connectivity index (χ1) is 13.5. The summed E-state index contributed by atoms with van der Waals surface area (Å²) in [5.74, 6) is 2.46. The number of carbonyl (C=O) groups is 1. The van der Waals surface area contributed by atoms with Crippen LogP contribution >= 0.6 is 12.4 Å². The quantitative estimate of drug-likeness (QED) is 0.646. The number of hydrogen-bond acceptors (Lipinski definition) is 6. The maximum absolute atomic E-state index is 12.5. The number of aryl methyl sites for hydroxylation is 1. The molecule has 1 fully saturated rings. The summed E-state index contributed by atoms with van der Waals surface area (Å²) in [6.45, 7) is 12.7. The first-order valence-corrected chi connectivity index (χ1v) is 10.3. The van der Waals surface area contributed by atoms with E-state index in [1.54, 1.807) is 18.4 Å². The van der Waals surface area contributed by atoms with Crippen molar-refractivity contribution in [1.29, 1.82) is 0 Å². The normalized spacial score (nSPS) is 16.3. The van der Waals surface area contributed by atoms with Gasteiger partial charge in [-0.1, -0.05) is 27.7 Å². The minimum atomic E-state index is -0.0353. The molecule has 1 amide bonds. The van der Waals surface area contributed by atoms with Crippen molar-refractivity contribution < 1.29 is 9.21 Å². The average molecular weight is 425 g/mol. The fourth-order valence-corrected chi connectivity index (χ4v) is 3.65. The molecule has 0 N–H and O–H groups in total. The minimum absolute atomic E-state index is 0. The van der Waals surface area contributed by atoms with E-state index >= 15 is 0 Å². The molecule has 0 bridgehead atoms. The maximum Gasteiger partial charge on any atom is 0.289 e. The zero-order chi connectivity index (χ0) is 20.1. The number of halogens is 1. The summed E-state index contributed by atoms with van der Waals surface area (Å²) in [4.78, 5) is 16.8. The average Bonchev–Trinajstić information content (AvgIpc) is 3.35. The van der Waals surface area contributed by atoms with Crippen molar-refractivity contribution in [2.75, 3.05) is 26.2 Å². The number of tetrazole rings is 1. The third-order valence-corrected chi connectivity index (χ3v) is 5.24. The monoisotopic (exact) mass is 424 g/mol. The number of amides is 1. The number of furan rings is 1. The topological polar surface area (TPSA) is 80.3 Å². The van der Waals surface area contributed by atoms with Crippen molar-refractivity contribution in [2.45, 2.75) is 53.1 Å². The van der Waals surface area contributed by atoms with Crippen LogP contribution in [0.2, 0.25) is 0 Å². The highest BCUT2D eigenvalue weighted by molar-refractivity contribution is 5.91. The van der Waals surface area contributed by atoms with Gasteiger partial charge in [0.25, 0.3) is 5.91 Å². The molecule has 0 radical (unpaired) electrons. The van der Waals surface area contributed by atoms with Crippen molar-refractivity contribution in [1.82, 2.24) is 30.0 Å². The second-order valence-electron chi connectivity index (χ2n) is 8.39. The molecule has 162 valence electrons. The van der Waals surface area contributed by atoms with E-state index in [1.165, 1.54) is 0 Å². The summed E-state index contributed by atoms with van der Waals surface area (Å²) in [6, 6.07) is 3.64. The van der Waals surface area contributed by atoms with Gasteiger partial charge in [-0.05, 0) is 47.2 Å². The molecule has 2 aromatic heterocycles. The Bertz CT molecular complexity index is 738. The Morgan fingerprint density at radius 2 is 1.86 bits per heavy atom. The SMILES string of the molecule is CC(C)CCn1nnnc1C(CC(C)C)N1CCN(C(=O)c2ccco2)CC1.Cl. The predicted octanol–water partition coefficient (Wildman–Crippen LogP) is 3.28. The van der Waals surface area contributed by atoms with E-state index in [-0.39, 0.29) is 24.4 Å². The number of aromatic nitrogens is 4. The molecule has 1 atom stereocenters. The molecular formula is C20H33ClN6O2. The number of nitrogens with zero attached hydrogens (tertiary/aromatic N) is 6. The zero-order valence-corrected chi connectivity index (χ0v) is 18.6. The smallest absolute Gasteiger partial charge is 0.289 e. The highest BCUT2D eigenvalue weighted by Gasteiger charge is 2.31. The lowest BCUT2D eigenvalue weighted by Crippen LogP contribution is -2.50. The molecular weight excluding hydrogens is 392 g/mol. The van der Waals surface area contributed by atoms with Gasteiger partial charge in [-0.25, -0.2) is 4.68 Å². The summed E-state index contributed by atoms with van der Waals surface area (Å²) in [6.07, 6.45) is 3.59.